The van der Waals surface area contributed by atoms with Gasteiger partial charge in [0.2, 0.25) is 0 Å². The topological polar surface area (TPSA) is 82.9 Å². The van der Waals surface area contributed by atoms with Gasteiger partial charge in [-0.1, -0.05) is 0 Å². The summed E-state index contributed by atoms with van der Waals surface area (Å²) in [5.74, 6) is -0.696. The number of thiophene rings is 2. The second-order valence-corrected chi connectivity index (χ2v) is 6.65. The van der Waals surface area contributed by atoms with Crippen molar-refractivity contribution in [3.8, 4) is 0 Å². The van der Waals surface area contributed by atoms with Crippen LogP contribution in [-0.2, 0) is 0 Å². The maximum atomic E-state index is 12.0. The van der Waals surface area contributed by atoms with Crippen molar-refractivity contribution in [3.05, 3.63) is 80.2 Å². The summed E-state index contributed by atoms with van der Waals surface area (Å²) in [5.41, 5.74) is 7.56. The zero-order valence-corrected chi connectivity index (χ0v) is 15.1. The lowest BCUT2D eigenvalue weighted by molar-refractivity contribution is 0.0943. The molecule has 0 radical (unpaired) electrons. The molecule has 0 fully saturated rings. The van der Waals surface area contributed by atoms with E-state index in [-0.39, 0.29) is 11.8 Å². The predicted octanol–water partition coefficient (Wildman–Crippen LogP) is 3.34. The van der Waals surface area contributed by atoms with Gasteiger partial charge in [0.1, 0.15) is 0 Å². The standard InChI is InChI=1S/C18H14N4O2S2/c23-17(21-19-9-13-5-7-25-11-13)15-1-2-16(4-3-15)18(24)22-20-10-14-6-8-26-12-14/h1-12H,(H,21,23)(H,22,24)/b19-9+,20-10+. The Kier molecular flexibility index (Phi) is 6.02. The summed E-state index contributed by atoms with van der Waals surface area (Å²) in [6.07, 6.45) is 3.14. The van der Waals surface area contributed by atoms with Crippen LogP contribution < -0.4 is 10.9 Å². The zero-order valence-electron chi connectivity index (χ0n) is 13.5. The normalized spacial score (nSPS) is 11.1. The van der Waals surface area contributed by atoms with Gasteiger partial charge in [0, 0.05) is 22.3 Å². The number of amides is 2. The molecule has 3 aromatic rings. The Bertz CT molecular complexity index is 838. The summed E-state index contributed by atoms with van der Waals surface area (Å²) in [6, 6.07) is 10.0. The summed E-state index contributed by atoms with van der Waals surface area (Å²) in [4.78, 5) is 24.0. The van der Waals surface area contributed by atoms with Gasteiger partial charge < -0.3 is 0 Å². The maximum absolute atomic E-state index is 12.0. The van der Waals surface area contributed by atoms with Crippen LogP contribution in [0.15, 0.2) is 68.1 Å². The van der Waals surface area contributed by atoms with Crippen molar-refractivity contribution in [1.29, 1.82) is 0 Å². The minimum Gasteiger partial charge on any atom is -0.267 e. The van der Waals surface area contributed by atoms with E-state index >= 15 is 0 Å². The number of rotatable bonds is 6. The molecule has 2 aromatic heterocycles. The second kappa shape index (κ2) is 8.84. The first-order valence-corrected chi connectivity index (χ1v) is 9.42. The highest BCUT2D eigenvalue weighted by molar-refractivity contribution is 7.08. The lowest BCUT2D eigenvalue weighted by Crippen LogP contribution is -2.19. The van der Waals surface area contributed by atoms with Crippen molar-refractivity contribution in [2.75, 3.05) is 0 Å². The number of benzene rings is 1. The van der Waals surface area contributed by atoms with Crippen molar-refractivity contribution >= 4 is 46.9 Å². The molecule has 2 heterocycles. The third-order valence-electron chi connectivity index (χ3n) is 3.26. The number of hydrazone groups is 2. The second-order valence-electron chi connectivity index (χ2n) is 5.09. The molecule has 0 saturated heterocycles. The van der Waals surface area contributed by atoms with E-state index in [1.807, 2.05) is 33.7 Å². The molecular weight excluding hydrogens is 368 g/mol. The minimum atomic E-state index is -0.348. The van der Waals surface area contributed by atoms with Crippen LogP contribution in [-0.4, -0.2) is 24.2 Å². The molecule has 0 atom stereocenters. The van der Waals surface area contributed by atoms with Gasteiger partial charge >= 0.3 is 0 Å². The highest BCUT2D eigenvalue weighted by atomic mass is 32.1. The van der Waals surface area contributed by atoms with Gasteiger partial charge in [0.25, 0.3) is 11.8 Å². The summed E-state index contributed by atoms with van der Waals surface area (Å²) in [7, 11) is 0. The zero-order chi connectivity index (χ0) is 18.2. The molecule has 0 aliphatic carbocycles. The van der Waals surface area contributed by atoms with Crippen LogP contribution in [0.5, 0.6) is 0 Å². The van der Waals surface area contributed by atoms with Crippen LogP contribution in [0.1, 0.15) is 31.8 Å². The summed E-state index contributed by atoms with van der Waals surface area (Å²) in [5, 5.41) is 15.5. The van der Waals surface area contributed by atoms with Gasteiger partial charge in [-0.2, -0.15) is 32.9 Å². The van der Waals surface area contributed by atoms with Gasteiger partial charge in [-0.15, -0.1) is 0 Å². The molecule has 1 aromatic carbocycles. The average molecular weight is 382 g/mol. The van der Waals surface area contributed by atoms with E-state index in [9.17, 15) is 9.59 Å². The largest absolute Gasteiger partial charge is 0.271 e. The highest BCUT2D eigenvalue weighted by Gasteiger charge is 2.08. The van der Waals surface area contributed by atoms with Crippen LogP contribution in [0.3, 0.4) is 0 Å². The fraction of sp³-hybridized carbons (Fsp3) is 0. The van der Waals surface area contributed by atoms with Crippen molar-refractivity contribution in [1.82, 2.24) is 10.9 Å². The van der Waals surface area contributed by atoms with Gasteiger partial charge in [0.05, 0.1) is 12.4 Å². The van der Waals surface area contributed by atoms with Gasteiger partial charge in [-0.05, 0) is 57.9 Å². The first-order chi connectivity index (χ1) is 12.7. The fourth-order valence-corrected chi connectivity index (χ4v) is 3.15. The average Bonchev–Trinajstić information content (AvgIpc) is 3.36. The molecular formula is C18H14N4O2S2. The van der Waals surface area contributed by atoms with E-state index in [2.05, 4.69) is 21.1 Å². The third kappa shape index (κ3) is 4.95. The Labute approximate surface area is 157 Å². The summed E-state index contributed by atoms with van der Waals surface area (Å²) >= 11 is 3.11. The lowest BCUT2D eigenvalue weighted by Gasteiger charge is -2.02. The molecule has 2 amide bonds. The maximum Gasteiger partial charge on any atom is 0.271 e. The molecule has 0 bridgehead atoms. The molecule has 0 aliphatic heterocycles. The Morgan fingerprint density at radius 1 is 0.731 bits per heavy atom. The van der Waals surface area contributed by atoms with Crippen LogP contribution in [0, 0.1) is 0 Å². The first kappa shape index (κ1) is 17.7. The smallest absolute Gasteiger partial charge is 0.267 e. The monoisotopic (exact) mass is 382 g/mol. The molecule has 3 rings (SSSR count). The molecule has 0 spiro atoms. The molecule has 0 saturated carbocycles. The predicted molar refractivity (Wildman–Crippen MR) is 105 cm³/mol. The summed E-state index contributed by atoms with van der Waals surface area (Å²) in [6.45, 7) is 0. The van der Waals surface area contributed by atoms with E-state index in [0.29, 0.717) is 11.1 Å². The third-order valence-corrected chi connectivity index (χ3v) is 4.66. The van der Waals surface area contributed by atoms with Crippen LogP contribution >= 0.6 is 22.7 Å². The molecule has 130 valence electrons. The molecule has 8 heteroatoms. The molecule has 2 N–H and O–H groups in total. The van der Waals surface area contributed by atoms with Gasteiger partial charge in [-0.25, -0.2) is 10.9 Å². The number of hydrogen-bond donors (Lipinski definition) is 2. The van der Waals surface area contributed by atoms with Crippen molar-refractivity contribution < 1.29 is 9.59 Å². The molecule has 26 heavy (non-hydrogen) atoms. The van der Waals surface area contributed by atoms with Crippen LogP contribution in [0.2, 0.25) is 0 Å². The molecule has 0 aliphatic rings. The van der Waals surface area contributed by atoms with E-state index < -0.39 is 0 Å². The SMILES string of the molecule is O=C(N/N=C/c1ccsc1)c1ccc(C(=O)N/N=C/c2ccsc2)cc1. The molecule has 0 unspecified atom stereocenters. The van der Waals surface area contributed by atoms with Crippen molar-refractivity contribution in [3.63, 3.8) is 0 Å². The van der Waals surface area contributed by atoms with E-state index in [1.54, 1.807) is 59.4 Å². The van der Waals surface area contributed by atoms with Gasteiger partial charge in [0.15, 0.2) is 0 Å². The Hall–Kier alpha value is -3.10. The number of nitrogens with zero attached hydrogens (tertiary/aromatic N) is 2. The Balaban J connectivity index is 1.53. The lowest BCUT2D eigenvalue weighted by atomic mass is 10.1. The van der Waals surface area contributed by atoms with Crippen molar-refractivity contribution in [2.24, 2.45) is 10.2 Å². The van der Waals surface area contributed by atoms with Crippen molar-refractivity contribution in [2.45, 2.75) is 0 Å². The van der Waals surface area contributed by atoms with E-state index in [1.165, 1.54) is 0 Å². The van der Waals surface area contributed by atoms with Crippen LogP contribution in [0.4, 0.5) is 0 Å². The first-order valence-electron chi connectivity index (χ1n) is 7.53. The quantitative estimate of drug-likeness (QED) is 0.506. The Morgan fingerprint density at radius 3 is 1.50 bits per heavy atom. The minimum absolute atomic E-state index is 0.348. The fourth-order valence-electron chi connectivity index (χ4n) is 1.93. The number of hydrogen-bond acceptors (Lipinski definition) is 6. The summed E-state index contributed by atoms with van der Waals surface area (Å²) < 4.78 is 0. The number of carbonyl (C=O) groups excluding carboxylic acids is 2. The molecule has 6 nitrogen and oxygen atoms in total. The van der Waals surface area contributed by atoms with E-state index in [0.717, 1.165) is 11.1 Å². The number of nitrogens with one attached hydrogen (secondary N) is 2. The van der Waals surface area contributed by atoms with Crippen LogP contribution in [0.25, 0.3) is 0 Å². The van der Waals surface area contributed by atoms with E-state index in [4.69, 9.17) is 0 Å². The highest BCUT2D eigenvalue weighted by Crippen LogP contribution is 2.06. The Morgan fingerprint density at radius 2 is 1.15 bits per heavy atom. The van der Waals surface area contributed by atoms with Gasteiger partial charge in [-0.3, -0.25) is 9.59 Å². The number of carbonyl (C=O) groups is 2.